The van der Waals surface area contributed by atoms with Gasteiger partial charge in [0, 0.05) is 18.0 Å². The van der Waals surface area contributed by atoms with E-state index in [1.165, 1.54) is 16.7 Å². The number of amides is 2. The molecule has 0 bridgehead atoms. The first-order valence-corrected chi connectivity index (χ1v) is 9.87. The zero-order valence-corrected chi connectivity index (χ0v) is 16.2. The monoisotopic (exact) mass is 354 g/mol. The number of thioether (sulfide) groups is 1. The largest absolute Gasteiger partial charge is 0.323 e. The van der Waals surface area contributed by atoms with Gasteiger partial charge in [0.25, 0.3) is 0 Å². The van der Waals surface area contributed by atoms with E-state index in [1.807, 2.05) is 35.7 Å². The minimum absolute atomic E-state index is 0.0186. The van der Waals surface area contributed by atoms with E-state index in [9.17, 15) is 4.79 Å². The average molecular weight is 355 g/mol. The lowest BCUT2D eigenvalue weighted by Gasteiger charge is -2.25. The molecule has 0 spiro atoms. The number of urea groups is 1. The highest BCUT2D eigenvalue weighted by molar-refractivity contribution is 7.99. The Hall–Kier alpha value is -1.94. The zero-order chi connectivity index (χ0) is 18.0. The van der Waals surface area contributed by atoms with Crippen molar-refractivity contribution in [2.24, 2.45) is 0 Å². The number of aryl methyl sites for hydroxylation is 2. The molecule has 1 fully saturated rings. The van der Waals surface area contributed by atoms with Crippen LogP contribution in [0.15, 0.2) is 42.5 Å². The lowest BCUT2D eigenvalue weighted by atomic mass is 10.0. The Balaban J connectivity index is 1.75. The molecule has 25 heavy (non-hydrogen) atoms. The van der Waals surface area contributed by atoms with Gasteiger partial charge in [-0.1, -0.05) is 55.8 Å². The van der Waals surface area contributed by atoms with E-state index in [4.69, 9.17) is 0 Å². The molecule has 2 aromatic carbocycles. The van der Waals surface area contributed by atoms with Gasteiger partial charge in [-0.15, -0.1) is 11.8 Å². The van der Waals surface area contributed by atoms with Crippen LogP contribution in [0, 0.1) is 13.8 Å². The van der Waals surface area contributed by atoms with Crippen LogP contribution in [0.5, 0.6) is 0 Å². The number of hydrogen-bond acceptors (Lipinski definition) is 2. The van der Waals surface area contributed by atoms with Crippen LogP contribution in [0.4, 0.5) is 10.5 Å². The number of nitrogens with zero attached hydrogens (tertiary/aromatic N) is 1. The molecule has 132 valence electrons. The summed E-state index contributed by atoms with van der Waals surface area (Å²) in [4.78, 5) is 14.8. The van der Waals surface area contributed by atoms with E-state index in [-0.39, 0.29) is 11.4 Å². The highest BCUT2D eigenvalue weighted by Gasteiger charge is 2.30. The topological polar surface area (TPSA) is 32.3 Å². The molecule has 1 atom stereocenters. The minimum atomic E-state index is -0.0186. The van der Waals surface area contributed by atoms with Crippen molar-refractivity contribution in [1.29, 1.82) is 0 Å². The summed E-state index contributed by atoms with van der Waals surface area (Å²) in [5, 5.41) is 3.17. The van der Waals surface area contributed by atoms with Crippen molar-refractivity contribution in [3.63, 3.8) is 0 Å². The molecule has 1 aliphatic rings. The molecule has 2 amide bonds. The fourth-order valence-corrected chi connectivity index (χ4v) is 4.40. The second kappa shape index (κ2) is 7.52. The Morgan fingerprint density at radius 2 is 1.88 bits per heavy atom. The molecule has 4 heteroatoms. The van der Waals surface area contributed by atoms with Gasteiger partial charge in [0.15, 0.2) is 0 Å². The third-order valence-electron chi connectivity index (χ3n) is 4.66. The lowest BCUT2D eigenvalue weighted by molar-refractivity contribution is 0.214. The Morgan fingerprint density at radius 1 is 1.16 bits per heavy atom. The number of nitrogens with one attached hydrogen (secondary N) is 1. The average Bonchev–Trinajstić information content (AvgIpc) is 3.07. The van der Waals surface area contributed by atoms with Crippen molar-refractivity contribution in [3.05, 3.63) is 64.7 Å². The van der Waals surface area contributed by atoms with Gasteiger partial charge in [-0.2, -0.15) is 0 Å². The van der Waals surface area contributed by atoms with E-state index in [2.05, 4.69) is 56.4 Å². The quantitative estimate of drug-likeness (QED) is 0.766. The van der Waals surface area contributed by atoms with Crippen molar-refractivity contribution in [3.8, 4) is 0 Å². The molecule has 0 aromatic heterocycles. The van der Waals surface area contributed by atoms with Crippen molar-refractivity contribution in [2.75, 3.05) is 17.6 Å². The molecule has 0 saturated carbocycles. The highest BCUT2D eigenvalue weighted by Crippen LogP contribution is 2.38. The smallest absolute Gasteiger partial charge is 0.308 e. The highest BCUT2D eigenvalue weighted by atomic mass is 32.2. The first kappa shape index (κ1) is 17.9. The molecule has 3 nitrogen and oxygen atoms in total. The maximum Gasteiger partial charge on any atom is 0.323 e. The third-order valence-corrected chi connectivity index (χ3v) is 5.92. The summed E-state index contributed by atoms with van der Waals surface area (Å²) < 4.78 is 0. The van der Waals surface area contributed by atoms with Crippen LogP contribution in [-0.2, 0) is 0 Å². The molecule has 1 N–H and O–H groups in total. The summed E-state index contributed by atoms with van der Waals surface area (Å²) in [5.41, 5.74) is 5.72. The number of carbonyl (C=O) groups is 1. The summed E-state index contributed by atoms with van der Waals surface area (Å²) in [5.74, 6) is 1.49. The van der Waals surface area contributed by atoms with Gasteiger partial charge in [-0.25, -0.2) is 4.79 Å². The number of benzene rings is 2. The van der Waals surface area contributed by atoms with Gasteiger partial charge >= 0.3 is 6.03 Å². The number of rotatable bonds is 3. The maximum absolute atomic E-state index is 12.8. The molecular formula is C21H26N2OS. The third kappa shape index (κ3) is 4.01. The Labute approximate surface area is 154 Å². The van der Waals surface area contributed by atoms with E-state index in [1.54, 1.807) is 0 Å². The predicted octanol–water partition coefficient (Wildman–Crippen LogP) is 5.71. The summed E-state index contributed by atoms with van der Waals surface area (Å²) in [6, 6.07) is 14.8. The second-order valence-electron chi connectivity index (χ2n) is 6.99. The first-order valence-electron chi connectivity index (χ1n) is 8.82. The van der Waals surface area contributed by atoms with Gasteiger partial charge in [0.05, 0.1) is 0 Å². The molecule has 1 saturated heterocycles. The molecule has 2 aromatic rings. The normalized spacial score (nSPS) is 17.2. The van der Waals surface area contributed by atoms with E-state index >= 15 is 0 Å². The van der Waals surface area contributed by atoms with Crippen LogP contribution in [0.1, 0.15) is 47.4 Å². The summed E-state index contributed by atoms with van der Waals surface area (Å²) in [7, 11) is 0. The summed E-state index contributed by atoms with van der Waals surface area (Å²) in [6.07, 6.45) is 0. The lowest BCUT2D eigenvalue weighted by Crippen LogP contribution is -2.34. The Bertz CT molecular complexity index is 755. The van der Waals surface area contributed by atoms with Gasteiger partial charge in [-0.3, -0.25) is 0 Å². The molecular weight excluding hydrogens is 328 g/mol. The predicted molar refractivity (Wildman–Crippen MR) is 107 cm³/mol. The van der Waals surface area contributed by atoms with Gasteiger partial charge < -0.3 is 10.2 Å². The Kier molecular flexibility index (Phi) is 5.38. The standard InChI is InChI=1S/C21H26N2OS/c1-14(2)17-6-8-18(9-7-17)20-23(11-12-25-20)21(24)22-19-10-5-15(3)13-16(19)4/h5-10,13-14,20H,11-12H2,1-4H3,(H,22,24). The van der Waals surface area contributed by atoms with Crippen LogP contribution in [-0.4, -0.2) is 23.2 Å². The molecule has 3 rings (SSSR count). The number of hydrogen-bond donors (Lipinski definition) is 1. The zero-order valence-electron chi connectivity index (χ0n) is 15.4. The summed E-state index contributed by atoms with van der Waals surface area (Å²) in [6.45, 7) is 9.26. The maximum atomic E-state index is 12.8. The fraction of sp³-hybridized carbons (Fsp3) is 0.381. The van der Waals surface area contributed by atoms with Crippen LogP contribution in [0.25, 0.3) is 0 Å². The summed E-state index contributed by atoms with van der Waals surface area (Å²) >= 11 is 1.83. The first-order chi connectivity index (χ1) is 12.0. The van der Waals surface area contributed by atoms with Gasteiger partial charge in [0.2, 0.25) is 0 Å². The fourth-order valence-electron chi connectivity index (χ4n) is 3.14. The van der Waals surface area contributed by atoms with E-state index in [0.717, 1.165) is 23.5 Å². The molecule has 1 aliphatic heterocycles. The Morgan fingerprint density at radius 3 is 2.52 bits per heavy atom. The van der Waals surface area contributed by atoms with Crippen LogP contribution in [0.2, 0.25) is 0 Å². The van der Waals surface area contributed by atoms with Crippen molar-refractivity contribution < 1.29 is 4.79 Å². The molecule has 0 radical (unpaired) electrons. The van der Waals surface area contributed by atoms with Gasteiger partial charge in [-0.05, 0) is 42.5 Å². The molecule has 0 aliphatic carbocycles. The van der Waals surface area contributed by atoms with E-state index < -0.39 is 0 Å². The van der Waals surface area contributed by atoms with E-state index in [0.29, 0.717) is 5.92 Å². The molecule has 1 heterocycles. The van der Waals surface area contributed by atoms with Crippen molar-refractivity contribution in [1.82, 2.24) is 4.90 Å². The second-order valence-corrected chi connectivity index (χ2v) is 8.17. The number of carbonyl (C=O) groups excluding carboxylic acids is 1. The minimum Gasteiger partial charge on any atom is -0.308 e. The molecule has 1 unspecified atom stereocenters. The number of anilines is 1. The van der Waals surface area contributed by atoms with Crippen LogP contribution >= 0.6 is 11.8 Å². The SMILES string of the molecule is Cc1ccc(NC(=O)N2CCSC2c2ccc(C(C)C)cc2)c(C)c1. The van der Waals surface area contributed by atoms with Crippen molar-refractivity contribution in [2.45, 2.75) is 39.0 Å². The van der Waals surface area contributed by atoms with Crippen LogP contribution in [0.3, 0.4) is 0 Å². The van der Waals surface area contributed by atoms with Crippen LogP contribution < -0.4 is 5.32 Å². The van der Waals surface area contributed by atoms with Gasteiger partial charge in [0.1, 0.15) is 5.37 Å². The van der Waals surface area contributed by atoms with Crippen molar-refractivity contribution >= 4 is 23.5 Å².